The van der Waals surface area contributed by atoms with E-state index >= 15 is 0 Å². The molecule has 1 saturated heterocycles. The van der Waals surface area contributed by atoms with E-state index in [1.165, 1.54) is 0 Å². The molecule has 0 radical (unpaired) electrons. The van der Waals surface area contributed by atoms with Crippen LogP contribution in [0.5, 0.6) is 0 Å². The van der Waals surface area contributed by atoms with E-state index in [1.807, 2.05) is 6.92 Å². The highest BCUT2D eigenvalue weighted by Crippen LogP contribution is 2.15. The summed E-state index contributed by atoms with van der Waals surface area (Å²) in [5.41, 5.74) is 5.58. The summed E-state index contributed by atoms with van der Waals surface area (Å²) in [4.78, 5) is 0. The van der Waals surface area contributed by atoms with Crippen molar-refractivity contribution >= 4 is 0 Å². The Balaban J connectivity index is 2.34. The van der Waals surface area contributed by atoms with Gasteiger partial charge in [0.1, 0.15) is 0 Å². The van der Waals surface area contributed by atoms with Gasteiger partial charge in [-0.15, -0.1) is 0 Å². The maximum Gasteiger partial charge on any atom is 0.156 e. The van der Waals surface area contributed by atoms with Crippen molar-refractivity contribution in [3.05, 3.63) is 0 Å². The van der Waals surface area contributed by atoms with Crippen LogP contribution in [-0.2, 0) is 4.74 Å². The van der Waals surface area contributed by atoms with Crippen LogP contribution in [0.4, 0.5) is 0 Å². The molecule has 54 valence electrons. The number of hydrogen-bond donors (Lipinski definition) is 2. The van der Waals surface area contributed by atoms with Gasteiger partial charge in [0.25, 0.3) is 0 Å². The maximum atomic E-state index is 8.95. The van der Waals surface area contributed by atoms with Gasteiger partial charge in [-0.2, -0.15) is 0 Å². The molecule has 0 bridgehead atoms. The van der Waals surface area contributed by atoms with Crippen molar-refractivity contribution in [2.24, 2.45) is 5.73 Å². The van der Waals surface area contributed by atoms with Gasteiger partial charge in [0, 0.05) is 12.5 Å². The summed E-state index contributed by atoms with van der Waals surface area (Å²) in [6.07, 6.45) is 0.911. The first-order valence-corrected chi connectivity index (χ1v) is 3.27. The molecular weight excluding hydrogens is 118 g/mol. The monoisotopic (exact) mass is 131 g/mol. The predicted molar refractivity (Wildman–Crippen MR) is 33.8 cm³/mol. The van der Waals surface area contributed by atoms with E-state index in [9.17, 15) is 0 Å². The number of rotatable bonds is 0. The first-order chi connectivity index (χ1) is 4.18. The Kier molecular flexibility index (Phi) is 2.05. The minimum Gasteiger partial charge on any atom is -0.368 e. The Hall–Kier alpha value is -0.120. The van der Waals surface area contributed by atoms with Crippen molar-refractivity contribution in [1.29, 1.82) is 0 Å². The van der Waals surface area contributed by atoms with Crippen LogP contribution in [-0.4, -0.2) is 23.5 Å². The Morgan fingerprint density at radius 3 is 2.67 bits per heavy atom. The van der Waals surface area contributed by atoms with Crippen LogP contribution >= 0.6 is 0 Å². The average Bonchev–Trinajstić information content (AvgIpc) is 1.59. The van der Waals surface area contributed by atoms with Gasteiger partial charge >= 0.3 is 0 Å². The van der Waals surface area contributed by atoms with Crippen LogP contribution in [0.3, 0.4) is 0 Å². The third kappa shape index (κ3) is 1.93. The summed E-state index contributed by atoms with van der Waals surface area (Å²) < 4.78 is 5.03. The molecule has 0 aromatic rings. The lowest BCUT2D eigenvalue weighted by atomic mass is 10.0. The molecule has 0 aromatic heterocycles. The van der Waals surface area contributed by atoms with Gasteiger partial charge in [0.05, 0.1) is 6.10 Å². The average molecular weight is 131 g/mol. The van der Waals surface area contributed by atoms with E-state index in [-0.39, 0.29) is 12.1 Å². The van der Waals surface area contributed by atoms with Crippen molar-refractivity contribution in [2.75, 3.05) is 0 Å². The zero-order valence-corrected chi connectivity index (χ0v) is 5.58. The van der Waals surface area contributed by atoms with E-state index in [0.717, 1.165) is 6.42 Å². The Labute approximate surface area is 54.8 Å². The smallest absolute Gasteiger partial charge is 0.156 e. The lowest BCUT2D eigenvalue weighted by molar-refractivity contribution is -0.161. The molecule has 1 aliphatic heterocycles. The standard InChI is InChI=1S/C6H13NO2/c1-4-2-5(7)3-6(8)9-4/h4-6,8H,2-3,7H2,1H3/t4-,5-,6-/m0/s1. The molecule has 3 N–H and O–H groups in total. The van der Waals surface area contributed by atoms with Gasteiger partial charge in [0.2, 0.25) is 0 Å². The molecule has 0 saturated carbocycles. The number of nitrogens with two attached hydrogens (primary N) is 1. The quantitative estimate of drug-likeness (QED) is 0.480. The molecule has 3 atom stereocenters. The third-order valence-corrected chi connectivity index (χ3v) is 1.53. The second kappa shape index (κ2) is 2.64. The van der Waals surface area contributed by atoms with Crippen LogP contribution in [0.25, 0.3) is 0 Å². The molecule has 0 aliphatic carbocycles. The zero-order chi connectivity index (χ0) is 6.85. The van der Waals surface area contributed by atoms with Crippen LogP contribution in [0.2, 0.25) is 0 Å². The Morgan fingerprint density at radius 2 is 2.22 bits per heavy atom. The summed E-state index contributed by atoms with van der Waals surface area (Å²) in [6.45, 7) is 1.92. The molecule has 0 spiro atoms. The Bertz CT molecular complexity index is 72.0. The van der Waals surface area contributed by atoms with Gasteiger partial charge in [-0.1, -0.05) is 0 Å². The lowest BCUT2D eigenvalue weighted by Crippen LogP contribution is -2.38. The molecule has 9 heavy (non-hydrogen) atoms. The van der Waals surface area contributed by atoms with E-state index in [0.29, 0.717) is 6.42 Å². The fraction of sp³-hybridized carbons (Fsp3) is 1.00. The highest BCUT2D eigenvalue weighted by Gasteiger charge is 2.22. The molecular formula is C6H13NO2. The largest absolute Gasteiger partial charge is 0.368 e. The second-order valence-corrected chi connectivity index (χ2v) is 2.63. The molecule has 3 nitrogen and oxygen atoms in total. The highest BCUT2D eigenvalue weighted by molar-refractivity contribution is 4.72. The maximum absolute atomic E-state index is 8.95. The highest BCUT2D eigenvalue weighted by atomic mass is 16.6. The summed E-state index contributed by atoms with van der Waals surface area (Å²) in [6, 6.07) is 0.115. The molecule has 1 rings (SSSR count). The van der Waals surface area contributed by atoms with Crippen molar-refractivity contribution in [3.8, 4) is 0 Å². The fourth-order valence-electron chi connectivity index (χ4n) is 1.16. The first-order valence-electron chi connectivity index (χ1n) is 3.27. The minimum absolute atomic E-state index is 0.115. The van der Waals surface area contributed by atoms with E-state index in [2.05, 4.69) is 0 Å². The lowest BCUT2D eigenvalue weighted by Gasteiger charge is -2.28. The van der Waals surface area contributed by atoms with Crippen LogP contribution < -0.4 is 5.73 Å². The summed E-state index contributed by atoms with van der Waals surface area (Å²) in [5, 5.41) is 8.95. The van der Waals surface area contributed by atoms with E-state index < -0.39 is 6.29 Å². The number of aliphatic hydroxyl groups is 1. The number of ether oxygens (including phenoxy) is 1. The summed E-state index contributed by atoms with van der Waals surface area (Å²) in [5.74, 6) is 0. The molecule has 1 aliphatic rings. The molecule has 0 amide bonds. The number of aliphatic hydroxyl groups excluding tert-OH is 1. The Morgan fingerprint density at radius 1 is 1.56 bits per heavy atom. The summed E-state index contributed by atoms with van der Waals surface area (Å²) in [7, 11) is 0. The fourth-order valence-corrected chi connectivity index (χ4v) is 1.16. The molecule has 1 heterocycles. The molecule has 0 aromatic carbocycles. The van der Waals surface area contributed by atoms with Gasteiger partial charge in [-0.25, -0.2) is 0 Å². The first kappa shape index (κ1) is 6.99. The van der Waals surface area contributed by atoms with Crippen LogP contribution in [0.15, 0.2) is 0 Å². The van der Waals surface area contributed by atoms with Crippen LogP contribution in [0, 0.1) is 0 Å². The van der Waals surface area contributed by atoms with Crippen LogP contribution in [0.1, 0.15) is 19.8 Å². The van der Waals surface area contributed by atoms with Crippen molar-refractivity contribution in [3.63, 3.8) is 0 Å². The second-order valence-electron chi connectivity index (χ2n) is 2.63. The van der Waals surface area contributed by atoms with Gasteiger partial charge in [0.15, 0.2) is 6.29 Å². The molecule has 1 fully saturated rings. The number of hydrogen-bond acceptors (Lipinski definition) is 3. The van der Waals surface area contributed by atoms with Crippen molar-refractivity contribution in [1.82, 2.24) is 0 Å². The predicted octanol–water partition coefficient (Wildman–Crippen LogP) is -0.169. The van der Waals surface area contributed by atoms with Gasteiger partial charge in [-0.05, 0) is 13.3 Å². The minimum atomic E-state index is -0.635. The SMILES string of the molecule is C[C@H]1C[C@H](N)C[C@@H](O)O1. The zero-order valence-electron chi connectivity index (χ0n) is 5.58. The van der Waals surface area contributed by atoms with Crippen molar-refractivity contribution in [2.45, 2.75) is 38.2 Å². The van der Waals surface area contributed by atoms with Gasteiger partial charge in [-0.3, -0.25) is 0 Å². The molecule has 0 unspecified atom stereocenters. The van der Waals surface area contributed by atoms with Crippen molar-refractivity contribution < 1.29 is 9.84 Å². The molecule has 3 heteroatoms. The topological polar surface area (TPSA) is 55.5 Å². The summed E-state index contributed by atoms with van der Waals surface area (Å²) >= 11 is 0. The normalized spacial score (nSPS) is 45.0. The van der Waals surface area contributed by atoms with E-state index in [1.54, 1.807) is 0 Å². The third-order valence-electron chi connectivity index (χ3n) is 1.53. The van der Waals surface area contributed by atoms with E-state index in [4.69, 9.17) is 15.6 Å². The van der Waals surface area contributed by atoms with Gasteiger partial charge < -0.3 is 15.6 Å².